The van der Waals surface area contributed by atoms with Gasteiger partial charge >= 0.3 is 0 Å². The molecule has 0 spiro atoms. The number of nitrogens with zero attached hydrogens (tertiary/aromatic N) is 1. The van der Waals surface area contributed by atoms with Crippen molar-refractivity contribution in [2.75, 3.05) is 19.8 Å². The van der Waals surface area contributed by atoms with E-state index < -0.39 is 9.84 Å². The van der Waals surface area contributed by atoms with E-state index in [0.29, 0.717) is 24.1 Å². The van der Waals surface area contributed by atoms with Crippen LogP contribution in [0, 0.1) is 5.82 Å². The van der Waals surface area contributed by atoms with Crippen molar-refractivity contribution in [2.45, 2.75) is 30.7 Å². The maximum Gasteiger partial charge on any atom is 0.191 e. The van der Waals surface area contributed by atoms with Crippen molar-refractivity contribution in [3.05, 3.63) is 64.4 Å². The predicted octanol–water partition coefficient (Wildman–Crippen LogP) is 4.14. The van der Waals surface area contributed by atoms with Crippen LogP contribution < -0.4 is 10.6 Å². The highest BCUT2D eigenvalue weighted by Crippen LogP contribution is 2.29. The van der Waals surface area contributed by atoms with Crippen molar-refractivity contribution in [1.29, 1.82) is 0 Å². The SMILES string of the molecule is CN=C(NCc1ccc(S(C)(=O)=O)cc1)NCC(C)(C)c1ccc(F)cc1Cl.I. The molecule has 2 aromatic rings. The van der Waals surface area contributed by atoms with Crippen molar-refractivity contribution < 1.29 is 12.8 Å². The number of hydrogen-bond donors (Lipinski definition) is 2. The summed E-state index contributed by atoms with van der Waals surface area (Å²) in [6.07, 6.45) is 1.18. The van der Waals surface area contributed by atoms with Crippen molar-refractivity contribution in [3.8, 4) is 0 Å². The van der Waals surface area contributed by atoms with Crippen LogP contribution in [0.4, 0.5) is 4.39 Å². The van der Waals surface area contributed by atoms with Gasteiger partial charge < -0.3 is 10.6 Å². The van der Waals surface area contributed by atoms with Crippen LogP contribution in [0.2, 0.25) is 5.02 Å². The first-order valence-electron chi connectivity index (χ1n) is 8.72. The molecule has 0 saturated heterocycles. The maximum atomic E-state index is 13.3. The minimum absolute atomic E-state index is 0. The molecule has 160 valence electrons. The molecule has 0 atom stereocenters. The molecular formula is C20H26ClFIN3O2S. The molecule has 2 aromatic carbocycles. The third-order valence-corrected chi connectivity index (χ3v) is 5.83. The van der Waals surface area contributed by atoms with Crippen molar-refractivity contribution in [2.24, 2.45) is 4.99 Å². The van der Waals surface area contributed by atoms with E-state index in [0.717, 1.165) is 11.1 Å². The summed E-state index contributed by atoms with van der Waals surface area (Å²) in [6.45, 7) is 5.04. The van der Waals surface area contributed by atoms with Gasteiger partial charge in [0.15, 0.2) is 15.8 Å². The van der Waals surface area contributed by atoms with Crippen molar-refractivity contribution >= 4 is 51.4 Å². The minimum Gasteiger partial charge on any atom is -0.356 e. The third kappa shape index (κ3) is 7.42. The average Bonchev–Trinajstić information content (AvgIpc) is 2.61. The summed E-state index contributed by atoms with van der Waals surface area (Å²) in [7, 11) is -1.54. The highest BCUT2D eigenvalue weighted by atomic mass is 127. The van der Waals surface area contributed by atoms with E-state index in [1.807, 2.05) is 13.8 Å². The van der Waals surface area contributed by atoms with Crippen LogP contribution in [0.15, 0.2) is 52.4 Å². The standard InChI is InChI=1S/C20H25ClFN3O2S.HI/c1-20(2,17-10-7-15(22)11-18(17)21)13-25-19(23-3)24-12-14-5-8-16(9-6-14)28(4,26)27;/h5-11H,12-13H2,1-4H3,(H2,23,24,25);1H. The van der Waals surface area contributed by atoms with Crippen LogP contribution >= 0.6 is 35.6 Å². The number of guanidine groups is 1. The molecule has 2 N–H and O–H groups in total. The molecule has 0 aliphatic rings. The Morgan fingerprint density at radius 1 is 1.14 bits per heavy atom. The molecule has 0 heterocycles. The van der Waals surface area contributed by atoms with Gasteiger partial charge in [-0.15, -0.1) is 24.0 Å². The monoisotopic (exact) mass is 553 g/mol. The first kappa shape index (κ1) is 25.6. The molecule has 0 bridgehead atoms. The van der Waals surface area contributed by atoms with Crippen LogP contribution in [0.1, 0.15) is 25.0 Å². The quantitative estimate of drug-likeness (QED) is 0.320. The predicted molar refractivity (Wildman–Crippen MR) is 128 cm³/mol. The van der Waals surface area contributed by atoms with Gasteiger partial charge in [0.1, 0.15) is 5.82 Å². The molecule has 0 saturated carbocycles. The minimum atomic E-state index is -3.20. The van der Waals surface area contributed by atoms with E-state index >= 15 is 0 Å². The fourth-order valence-electron chi connectivity index (χ4n) is 2.70. The zero-order valence-electron chi connectivity index (χ0n) is 16.8. The van der Waals surface area contributed by atoms with Gasteiger partial charge in [-0.25, -0.2) is 12.8 Å². The summed E-state index contributed by atoms with van der Waals surface area (Å²) in [6, 6.07) is 11.1. The summed E-state index contributed by atoms with van der Waals surface area (Å²) in [5.41, 5.74) is 1.42. The normalized spacial score (nSPS) is 12.3. The highest BCUT2D eigenvalue weighted by molar-refractivity contribution is 14.0. The van der Waals surface area contributed by atoms with E-state index in [1.54, 1.807) is 37.4 Å². The average molecular weight is 554 g/mol. The Balaban J connectivity index is 0.00000420. The first-order valence-corrected chi connectivity index (χ1v) is 11.0. The maximum absolute atomic E-state index is 13.3. The second-order valence-electron chi connectivity index (χ2n) is 7.20. The van der Waals surface area contributed by atoms with Gasteiger partial charge in [-0.2, -0.15) is 0 Å². The largest absolute Gasteiger partial charge is 0.356 e. The Morgan fingerprint density at radius 3 is 2.28 bits per heavy atom. The molecule has 0 amide bonds. The smallest absolute Gasteiger partial charge is 0.191 e. The molecule has 9 heteroatoms. The number of nitrogens with one attached hydrogen (secondary N) is 2. The summed E-state index contributed by atoms with van der Waals surface area (Å²) in [5, 5.41) is 6.82. The van der Waals surface area contributed by atoms with Gasteiger partial charge in [-0.05, 0) is 35.4 Å². The molecule has 0 radical (unpaired) electrons. The summed E-state index contributed by atoms with van der Waals surface area (Å²) in [4.78, 5) is 4.49. The molecule has 0 aromatic heterocycles. The molecule has 0 unspecified atom stereocenters. The van der Waals surface area contributed by atoms with E-state index in [4.69, 9.17) is 11.6 Å². The van der Waals surface area contributed by atoms with Gasteiger partial charge in [0, 0.05) is 36.8 Å². The molecular weight excluding hydrogens is 528 g/mol. The lowest BCUT2D eigenvalue weighted by Crippen LogP contribution is -2.43. The van der Waals surface area contributed by atoms with Gasteiger partial charge in [-0.3, -0.25) is 4.99 Å². The highest BCUT2D eigenvalue weighted by Gasteiger charge is 2.24. The summed E-state index contributed by atoms with van der Waals surface area (Å²) >= 11 is 6.19. The van der Waals surface area contributed by atoms with Crippen LogP contribution in [0.5, 0.6) is 0 Å². The van der Waals surface area contributed by atoms with Crippen LogP contribution in [-0.4, -0.2) is 34.2 Å². The lowest BCUT2D eigenvalue weighted by atomic mass is 9.84. The third-order valence-electron chi connectivity index (χ3n) is 4.39. The lowest BCUT2D eigenvalue weighted by molar-refractivity contribution is 0.507. The topological polar surface area (TPSA) is 70.6 Å². The van der Waals surface area contributed by atoms with Gasteiger partial charge in [0.2, 0.25) is 0 Å². The number of sulfone groups is 1. The van der Waals surface area contributed by atoms with Crippen molar-refractivity contribution in [3.63, 3.8) is 0 Å². The summed E-state index contributed by atoms with van der Waals surface area (Å²) in [5.74, 6) is 0.232. The first-order chi connectivity index (χ1) is 13.0. The Labute approximate surface area is 194 Å². The number of rotatable bonds is 6. The molecule has 2 rings (SSSR count). The van der Waals surface area contributed by atoms with Crippen LogP contribution in [0.25, 0.3) is 0 Å². The van der Waals surface area contributed by atoms with E-state index in [2.05, 4.69) is 15.6 Å². The van der Waals surface area contributed by atoms with Crippen LogP contribution in [0.3, 0.4) is 0 Å². The second kappa shape index (κ2) is 10.6. The zero-order valence-corrected chi connectivity index (χ0v) is 20.7. The van der Waals surface area contributed by atoms with Crippen LogP contribution in [-0.2, 0) is 21.8 Å². The molecule has 0 aliphatic heterocycles. The Morgan fingerprint density at radius 2 is 1.76 bits per heavy atom. The second-order valence-corrected chi connectivity index (χ2v) is 9.63. The number of benzene rings is 2. The van der Waals surface area contributed by atoms with Gasteiger partial charge in [0.05, 0.1) is 4.90 Å². The Kier molecular flexibility index (Phi) is 9.36. The molecule has 29 heavy (non-hydrogen) atoms. The zero-order chi connectivity index (χ0) is 20.9. The number of aliphatic imine (C=N–C) groups is 1. The molecule has 0 aliphatic carbocycles. The molecule has 0 fully saturated rings. The Bertz CT molecular complexity index is 964. The Hall–Kier alpha value is -1.39. The molecule has 5 nitrogen and oxygen atoms in total. The number of halogens is 3. The lowest BCUT2D eigenvalue weighted by Gasteiger charge is -2.27. The summed E-state index contributed by atoms with van der Waals surface area (Å²) < 4.78 is 36.3. The van der Waals surface area contributed by atoms with Crippen molar-refractivity contribution in [1.82, 2.24) is 10.6 Å². The fraction of sp³-hybridized carbons (Fsp3) is 0.350. The van der Waals surface area contributed by atoms with E-state index in [1.165, 1.54) is 18.4 Å². The fourth-order valence-corrected chi connectivity index (χ4v) is 3.75. The van der Waals surface area contributed by atoms with Gasteiger partial charge in [0.25, 0.3) is 0 Å². The number of hydrogen-bond acceptors (Lipinski definition) is 3. The van der Waals surface area contributed by atoms with Gasteiger partial charge in [-0.1, -0.05) is 43.6 Å². The van der Waals surface area contributed by atoms with E-state index in [9.17, 15) is 12.8 Å². The van der Waals surface area contributed by atoms with E-state index in [-0.39, 0.29) is 40.1 Å².